The number of rotatable bonds is 3. The van der Waals surface area contributed by atoms with Crippen molar-refractivity contribution in [1.82, 2.24) is 0 Å². The number of hydrogen-bond acceptors (Lipinski definition) is 3. The highest BCUT2D eigenvalue weighted by molar-refractivity contribution is 5.94. The van der Waals surface area contributed by atoms with Crippen LogP contribution in [0.15, 0.2) is 0 Å². The lowest BCUT2D eigenvalue weighted by Gasteiger charge is -2.38. The first-order chi connectivity index (χ1) is 7.77. The average Bonchev–Trinajstić information content (AvgIpc) is 2.49. The lowest BCUT2D eigenvalue weighted by Crippen LogP contribution is -2.38. The highest BCUT2D eigenvalue weighted by atomic mass is 16.5. The minimum atomic E-state index is -0.355. The fraction of sp³-hybridized carbons (Fsp3) is 0.857. The molecule has 3 heteroatoms. The first-order valence-electron chi connectivity index (χ1n) is 6.46. The van der Waals surface area contributed by atoms with Gasteiger partial charge in [0.1, 0.15) is 18.3 Å². The van der Waals surface area contributed by atoms with Crippen molar-refractivity contribution < 1.29 is 14.3 Å². The van der Waals surface area contributed by atoms with E-state index < -0.39 is 0 Å². The van der Waals surface area contributed by atoms with Gasteiger partial charge in [-0.1, -0.05) is 20.8 Å². The fourth-order valence-electron chi connectivity index (χ4n) is 3.71. The Hall–Kier alpha value is -0.860. The van der Waals surface area contributed by atoms with E-state index in [1.54, 1.807) is 0 Å². The van der Waals surface area contributed by atoms with Crippen molar-refractivity contribution in [2.75, 3.05) is 0 Å². The van der Waals surface area contributed by atoms with Crippen molar-refractivity contribution in [3.05, 3.63) is 0 Å². The summed E-state index contributed by atoms with van der Waals surface area (Å²) in [5.41, 5.74) is 0.332. The first-order valence-corrected chi connectivity index (χ1v) is 6.46. The van der Waals surface area contributed by atoms with Crippen LogP contribution < -0.4 is 0 Å². The molecule has 2 fully saturated rings. The number of ether oxygens (including phenoxy) is 1. The van der Waals surface area contributed by atoms with Crippen LogP contribution in [-0.2, 0) is 14.3 Å². The standard InChI is InChI=1S/C14H22O3/c1-9(15)7-12(16)17-11-8-10-5-6-14(11,4)13(10,2)3/h10-11H,5-8H2,1-4H3. The van der Waals surface area contributed by atoms with Crippen LogP contribution in [0.1, 0.15) is 53.4 Å². The summed E-state index contributed by atoms with van der Waals surface area (Å²) in [7, 11) is 0. The van der Waals surface area contributed by atoms with Gasteiger partial charge >= 0.3 is 5.97 Å². The molecule has 0 aromatic rings. The van der Waals surface area contributed by atoms with Crippen LogP contribution in [0.3, 0.4) is 0 Å². The number of Topliss-reactive ketones (excluding diaryl/α,β-unsaturated/α-hetero) is 1. The molecule has 17 heavy (non-hydrogen) atoms. The van der Waals surface area contributed by atoms with E-state index in [9.17, 15) is 9.59 Å². The van der Waals surface area contributed by atoms with Gasteiger partial charge < -0.3 is 4.74 Å². The summed E-state index contributed by atoms with van der Waals surface area (Å²) >= 11 is 0. The molecule has 0 saturated heterocycles. The van der Waals surface area contributed by atoms with Gasteiger partial charge in [-0.3, -0.25) is 9.59 Å². The molecule has 0 radical (unpaired) electrons. The van der Waals surface area contributed by atoms with Crippen molar-refractivity contribution in [3.63, 3.8) is 0 Å². The van der Waals surface area contributed by atoms with Crippen LogP contribution in [0.2, 0.25) is 0 Å². The van der Waals surface area contributed by atoms with Crippen LogP contribution in [0.25, 0.3) is 0 Å². The lowest BCUT2D eigenvalue weighted by atomic mass is 9.70. The predicted octanol–water partition coefficient (Wildman–Crippen LogP) is 2.72. The molecule has 3 atom stereocenters. The second-order valence-corrected chi connectivity index (χ2v) is 6.47. The number of hydrogen-bond donors (Lipinski definition) is 0. The number of esters is 1. The summed E-state index contributed by atoms with van der Waals surface area (Å²) in [6.45, 7) is 8.21. The molecule has 0 heterocycles. The molecular weight excluding hydrogens is 216 g/mol. The Morgan fingerprint density at radius 3 is 2.35 bits per heavy atom. The SMILES string of the molecule is CC(=O)CC(=O)OC1CC2CCC1(C)C2(C)C. The van der Waals surface area contributed by atoms with Gasteiger partial charge in [-0.05, 0) is 37.5 Å². The lowest BCUT2D eigenvalue weighted by molar-refractivity contribution is -0.157. The van der Waals surface area contributed by atoms with Crippen molar-refractivity contribution >= 4 is 11.8 Å². The van der Waals surface area contributed by atoms with Gasteiger partial charge in [0.05, 0.1) is 0 Å². The van der Waals surface area contributed by atoms with Crippen molar-refractivity contribution in [2.45, 2.75) is 59.5 Å². The molecule has 0 aromatic carbocycles. The molecule has 3 unspecified atom stereocenters. The van der Waals surface area contributed by atoms with Crippen LogP contribution in [0.5, 0.6) is 0 Å². The van der Waals surface area contributed by atoms with E-state index in [1.807, 2.05) is 0 Å². The smallest absolute Gasteiger partial charge is 0.313 e. The van der Waals surface area contributed by atoms with E-state index in [0.717, 1.165) is 12.8 Å². The average molecular weight is 238 g/mol. The monoisotopic (exact) mass is 238 g/mol. The molecule has 0 aromatic heterocycles. The van der Waals surface area contributed by atoms with Crippen LogP contribution in [-0.4, -0.2) is 17.9 Å². The van der Waals surface area contributed by atoms with Crippen LogP contribution in [0.4, 0.5) is 0 Å². The maximum absolute atomic E-state index is 11.6. The normalized spacial score (nSPS) is 38.1. The number of ketones is 1. The zero-order valence-electron chi connectivity index (χ0n) is 11.2. The third-order valence-electron chi connectivity index (χ3n) is 5.38. The van der Waals surface area contributed by atoms with E-state index in [1.165, 1.54) is 13.3 Å². The summed E-state index contributed by atoms with van der Waals surface area (Å²) in [6.07, 6.45) is 3.25. The molecule has 0 N–H and O–H groups in total. The molecular formula is C14H22O3. The zero-order valence-corrected chi connectivity index (χ0v) is 11.2. The van der Waals surface area contributed by atoms with Crippen LogP contribution >= 0.6 is 0 Å². The summed E-state index contributed by atoms with van der Waals surface area (Å²) in [4.78, 5) is 22.5. The van der Waals surface area contributed by atoms with Crippen LogP contribution in [0, 0.1) is 16.7 Å². The Kier molecular flexibility index (Phi) is 2.83. The highest BCUT2D eigenvalue weighted by Crippen LogP contribution is 2.66. The number of carbonyl (C=O) groups excluding carboxylic acids is 2. The Morgan fingerprint density at radius 1 is 1.29 bits per heavy atom. The molecule has 2 saturated carbocycles. The largest absolute Gasteiger partial charge is 0.461 e. The van der Waals surface area contributed by atoms with E-state index >= 15 is 0 Å². The van der Waals surface area contributed by atoms with Crippen molar-refractivity contribution in [1.29, 1.82) is 0 Å². The Bertz CT molecular complexity index is 358. The van der Waals surface area contributed by atoms with Gasteiger partial charge in [-0.2, -0.15) is 0 Å². The molecule has 2 aliphatic rings. The minimum absolute atomic E-state index is 0.00287. The third-order valence-corrected chi connectivity index (χ3v) is 5.38. The van der Waals surface area contributed by atoms with Gasteiger partial charge in [-0.25, -0.2) is 0 Å². The summed E-state index contributed by atoms with van der Waals surface area (Å²) in [5, 5.41) is 0. The van der Waals surface area contributed by atoms with E-state index in [0.29, 0.717) is 5.92 Å². The molecule has 96 valence electrons. The Labute approximate surface area is 103 Å². The molecule has 0 aliphatic heterocycles. The maximum atomic E-state index is 11.6. The third kappa shape index (κ3) is 1.80. The first kappa shape index (κ1) is 12.6. The fourth-order valence-corrected chi connectivity index (χ4v) is 3.71. The van der Waals surface area contributed by atoms with Gasteiger partial charge in [0.25, 0.3) is 0 Å². The molecule has 0 amide bonds. The number of fused-ring (bicyclic) bond motifs is 2. The molecule has 2 aliphatic carbocycles. The maximum Gasteiger partial charge on any atom is 0.313 e. The summed E-state index contributed by atoms with van der Waals surface area (Å²) in [6, 6.07) is 0. The summed E-state index contributed by atoms with van der Waals surface area (Å²) in [5.74, 6) is 0.178. The number of carbonyl (C=O) groups is 2. The van der Waals surface area contributed by atoms with Crippen molar-refractivity contribution in [3.8, 4) is 0 Å². The van der Waals surface area contributed by atoms with E-state index in [4.69, 9.17) is 4.74 Å². The predicted molar refractivity (Wildman–Crippen MR) is 64.4 cm³/mol. The molecule has 2 rings (SSSR count). The van der Waals surface area contributed by atoms with Crippen molar-refractivity contribution in [2.24, 2.45) is 16.7 Å². The van der Waals surface area contributed by atoms with E-state index in [2.05, 4.69) is 20.8 Å². The topological polar surface area (TPSA) is 43.4 Å². The van der Waals surface area contributed by atoms with E-state index in [-0.39, 0.29) is 35.1 Å². The second-order valence-electron chi connectivity index (χ2n) is 6.47. The van der Waals surface area contributed by atoms with Gasteiger partial charge in [-0.15, -0.1) is 0 Å². The Morgan fingerprint density at radius 2 is 1.94 bits per heavy atom. The highest BCUT2D eigenvalue weighted by Gasteiger charge is 2.62. The quantitative estimate of drug-likeness (QED) is 0.561. The molecule has 2 bridgehead atoms. The Balaban J connectivity index is 2.06. The summed E-state index contributed by atoms with van der Waals surface area (Å²) < 4.78 is 5.53. The second kappa shape index (κ2) is 3.82. The van der Waals surface area contributed by atoms with Gasteiger partial charge in [0, 0.05) is 5.41 Å². The molecule has 0 spiro atoms. The van der Waals surface area contributed by atoms with Gasteiger partial charge in [0.2, 0.25) is 0 Å². The zero-order chi connectivity index (χ0) is 12.8. The van der Waals surface area contributed by atoms with Gasteiger partial charge in [0.15, 0.2) is 0 Å². The molecule has 3 nitrogen and oxygen atoms in total. The minimum Gasteiger partial charge on any atom is -0.461 e.